The first kappa shape index (κ1) is 72.7. The summed E-state index contributed by atoms with van der Waals surface area (Å²) in [6.07, 6.45) is -29.5. The van der Waals surface area contributed by atoms with Crippen LogP contribution in [0.2, 0.25) is 0 Å². The Kier molecular flexibility index (Phi) is 21.2. The number of hydrogen-bond donors (Lipinski definition) is 15. The highest BCUT2D eigenvalue weighted by Crippen LogP contribution is 2.89. The molecule has 2 spiro atoms. The molecule has 0 radical (unpaired) electrons. The van der Waals surface area contributed by atoms with Gasteiger partial charge in [0.25, 0.3) is 0 Å². The van der Waals surface area contributed by atoms with Gasteiger partial charge in [-0.3, -0.25) is 4.79 Å². The maximum absolute atomic E-state index is 13.2. The summed E-state index contributed by atoms with van der Waals surface area (Å²) < 4.78 is 67.3. The molecule has 6 heterocycles. The molecule has 11 fully saturated rings. The predicted molar refractivity (Wildman–Crippen MR) is 322 cm³/mol. The van der Waals surface area contributed by atoms with E-state index in [1.807, 2.05) is 26.0 Å². The quantitative estimate of drug-likeness (QED) is 0.0311. The number of amides is 1. The maximum Gasteiger partial charge on any atom is 0.329 e. The van der Waals surface area contributed by atoms with Gasteiger partial charge < -0.3 is 129 Å². The molecule has 37 atom stereocenters. The first-order valence-electron chi connectivity index (χ1n) is 34.0. The number of fused-ring (bicyclic) bond motifs is 2. The molecule has 15 N–H and O–H groups in total. The predicted octanol–water partition coefficient (Wildman–Crippen LogP) is -1.83. The van der Waals surface area contributed by atoms with Crippen LogP contribution in [0, 0.1) is 56.7 Å². The van der Waals surface area contributed by atoms with Gasteiger partial charge in [-0.05, 0) is 136 Å². The lowest BCUT2D eigenvalue weighted by atomic mass is 9.42. The molecular weight excluding hydrogens is 1240 g/mol. The number of hydrogen-bond acceptors (Lipinski definition) is 27. The van der Waals surface area contributed by atoms with E-state index in [9.17, 15) is 81.1 Å². The summed E-state index contributed by atoms with van der Waals surface area (Å²) in [6, 6.07) is -0.690. The van der Waals surface area contributed by atoms with Crippen LogP contribution in [0.5, 0.6) is 0 Å². The molecule has 11 aliphatic rings. The Bertz CT molecular complexity index is 2730. The van der Waals surface area contributed by atoms with Gasteiger partial charge in [0, 0.05) is 11.5 Å². The number of allylic oxidation sites excluding steroid dienone is 3. The van der Waals surface area contributed by atoms with Crippen LogP contribution < -0.4 is 5.32 Å². The van der Waals surface area contributed by atoms with Crippen molar-refractivity contribution in [3.8, 4) is 0 Å². The Morgan fingerprint density at radius 2 is 1.09 bits per heavy atom. The maximum atomic E-state index is 13.2. The molecule has 0 aromatic heterocycles. The second kappa shape index (κ2) is 27.4. The number of cyclic esters (lactones) is 1. The Balaban J connectivity index is 0.844. The molecular formula is C66H105NO27. The number of aliphatic hydroxyl groups excluding tert-OH is 14. The second-order valence-corrected chi connectivity index (χ2v) is 30.6. The van der Waals surface area contributed by atoms with Crippen molar-refractivity contribution in [3.63, 3.8) is 0 Å². The van der Waals surface area contributed by atoms with Crippen molar-refractivity contribution in [1.29, 1.82) is 0 Å². The number of rotatable bonds is 18. The SMILES string of the molecule is CC(=CC=CC(C)C1CCC2(C)C3CCC4C(C)(C)C(OC5OC(CO)C(OC6OC(C)C(O)C(O)C6O)C(O)C5OC5OC(COC6OC(CO)C(O)C(O)C6O)C(O)C(O)C5OC5OC(C)C(O)C(O)C5O)CCC45CC35CCC12C)C(=O)NC1C(=O)OC(C)C1C. The average molecular weight is 1340 g/mol. The van der Waals surface area contributed by atoms with Gasteiger partial charge in [0.2, 0.25) is 5.91 Å². The van der Waals surface area contributed by atoms with E-state index in [1.54, 1.807) is 6.92 Å². The molecule has 0 bridgehead atoms. The van der Waals surface area contributed by atoms with Gasteiger partial charge in [-0.25, -0.2) is 4.79 Å². The number of carbonyl (C=O) groups is 2. The standard InChI is InChI=1S/C66H105NO27/c1-26(12-11-13-27(2)55(82)67-39-28(3)29(4)85-56(39)83)32-16-18-64(10)37-15-14-36-62(7,8)38(17-19-65(36)25-66(37,65)21-20-63(32,64)9)91-60-54(51(81)52(34(23-69)89-60)92-58-49(79)44(74)40(70)30(5)86-58)94-61-53(93-59-50(80)45(75)41(71)31(6)87-59)47(77)43(73)35(90-61)24-84-57-48(78)46(76)42(72)33(22-68)88-57/h11-13,26,28-54,57-61,68-81H,14-25H2,1-10H3,(H,67,82). The zero-order chi connectivity index (χ0) is 68.4. The number of nitrogens with one attached hydrogen (secondary N) is 1. The lowest BCUT2D eigenvalue weighted by Crippen LogP contribution is -2.68. The molecule has 6 saturated heterocycles. The largest absolute Gasteiger partial charge is 0.461 e. The van der Waals surface area contributed by atoms with E-state index in [0.717, 1.165) is 51.4 Å². The summed E-state index contributed by atoms with van der Waals surface area (Å²) in [4.78, 5) is 25.6. The first-order chi connectivity index (χ1) is 44.2. The monoisotopic (exact) mass is 1340 g/mol. The average Bonchev–Trinajstić information content (AvgIpc) is 1.46. The molecule has 37 unspecified atom stereocenters. The van der Waals surface area contributed by atoms with E-state index in [4.69, 9.17) is 52.1 Å². The molecule has 0 aromatic rings. The Labute approximate surface area is 547 Å². The van der Waals surface area contributed by atoms with E-state index < -0.39 is 197 Å². The molecule has 5 aliphatic carbocycles. The summed E-state index contributed by atoms with van der Waals surface area (Å²) in [5.74, 6) is 0.372. The number of aliphatic hydroxyl groups is 14. The van der Waals surface area contributed by atoms with Crippen molar-refractivity contribution >= 4 is 11.9 Å². The summed E-state index contributed by atoms with van der Waals surface area (Å²) in [5.41, 5.74) is 0.0783. The van der Waals surface area contributed by atoms with Gasteiger partial charge in [-0.15, -0.1) is 0 Å². The summed E-state index contributed by atoms with van der Waals surface area (Å²) >= 11 is 0. The van der Waals surface area contributed by atoms with Gasteiger partial charge in [0.1, 0.15) is 122 Å². The molecule has 0 aromatic carbocycles. The number of carbonyl (C=O) groups excluding carboxylic acids is 2. The van der Waals surface area contributed by atoms with E-state index in [2.05, 4.69) is 46.0 Å². The smallest absolute Gasteiger partial charge is 0.329 e. The van der Waals surface area contributed by atoms with Crippen LogP contribution >= 0.6 is 0 Å². The molecule has 28 nitrogen and oxygen atoms in total. The fourth-order valence-electron chi connectivity index (χ4n) is 19.4. The van der Waals surface area contributed by atoms with Gasteiger partial charge in [0.05, 0.1) is 38.1 Å². The summed E-state index contributed by atoms with van der Waals surface area (Å²) in [7, 11) is 0. The van der Waals surface area contributed by atoms with Gasteiger partial charge in [-0.1, -0.05) is 59.8 Å². The third kappa shape index (κ3) is 12.3. The van der Waals surface area contributed by atoms with Crippen molar-refractivity contribution in [1.82, 2.24) is 5.32 Å². The molecule has 5 saturated carbocycles. The lowest BCUT2D eigenvalue weighted by Gasteiger charge is -2.63. The Hall–Kier alpha value is -2.54. The lowest BCUT2D eigenvalue weighted by molar-refractivity contribution is -0.408. The fraction of sp³-hybridized carbons (Fsp3) is 0.909. The topological polar surface area (TPSA) is 431 Å². The normalized spacial score (nSPS) is 53.7. The van der Waals surface area contributed by atoms with Gasteiger partial charge in [0.15, 0.2) is 31.5 Å². The third-order valence-electron chi connectivity index (χ3n) is 25.5. The van der Waals surface area contributed by atoms with E-state index in [0.29, 0.717) is 23.8 Å². The van der Waals surface area contributed by atoms with Crippen molar-refractivity contribution in [2.45, 2.75) is 299 Å². The minimum atomic E-state index is -2.08. The van der Waals surface area contributed by atoms with Crippen molar-refractivity contribution in [2.75, 3.05) is 19.8 Å². The minimum absolute atomic E-state index is 0.0102. The highest BCUT2D eigenvalue weighted by molar-refractivity contribution is 5.96. The van der Waals surface area contributed by atoms with Crippen molar-refractivity contribution in [2.24, 2.45) is 56.7 Å². The molecule has 6 aliphatic heterocycles. The zero-order valence-electron chi connectivity index (χ0n) is 55.3. The highest BCUT2D eigenvalue weighted by Gasteiger charge is 2.82. The van der Waals surface area contributed by atoms with Crippen molar-refractivity contribution < 1.29 is 133 Å². The van der Waals surface area contributed by atoms with Crippen LogP contribution in [-0.2, 0) is 61.7 Å². The van der Waals surface area contributed by atoms with Crippen LogP contribution in [0.1, 0.15) is 127 Å². The molecule has 94 heavy (non-hydrogen) atoms. The van der Waals surface area contributed by atoms with Crippen molar-refractivity contribution in [3.05, 3.63) is 23.8 Å². The third-order valence-corrected chi connectivity index (χ3v) is 25.5. The Morgan fingerprint density at radius 1 is 0.553 bits per heavy atom. The van der Waals surface area contributed by atoms with Gasteiger partial charge >= 0.3 is 5.97 Å². The van der Waals surface area contributed by atoms with Gasteiger partial charge in [-0.2, -0.15) is 0 Å². The molecule has 536 valence electrons. The summed E-state index contributed by atoms with van der Waals surface area (Å²) in [5, 5.41) is 158. The van der Waals surface area contributed by atoms with Crippen LogP contribution in [0.3, 0.4) is 0 Å². The van der Waals surface area contributed by atoms with E-state index in [-0.39, 0.29) is 51.4 Å². The Morgan fingerprint density at radius 3 is 1.70 bits per heavy atom. The second-order valence-electron chi connectivity index (χ2n) is 30.6. The number of ether oxygens (including phenoxy) is 11. The zero-order valence-corrected chi connectivity index (χ0v) is 55.3. The van der Waals surface area contributed by atoms with E-state index in [1.165, 1.54) is 13.8 Å². The van der Waals surface area contributed by atoms with Crippen LogP contribution in [0.15, 0.2) is 23.8 Å². The minimum Gasteiger partial charge on any atom is -0.461 e. The van der Waals surface area contributed by atoms with Crippen LogP contribution in [0.4, 0.5) is 0 Å². The molecule has 11 rings (SSSR count). The summed E-state index contributed by atoms with van der Waals surface area (Å²) in [6.45, 7) is 17.5. The van der Waals surface area contributed by atoms with Crippen LogP contribution in [0.25, 0.3) is 0 Å². The number of esters is 1. The first-order valence-corrected chi connectivity index (χ1v) is 34.0. The highest BCUT2D eigenvalue weighted by atomic mass is 16.8. The van der Waals surface area contributed by atoms with E-state index >= 15 is 0 Å². The molecule has 28 heteroatoms. The van der Waals surface area contributed by atoms with Crippen LogP contribution in [-0.4, -0.2) is 275 Å². The fourth-order valence-corrected chi connectivity index (χ4v) is 19.4. The molecule has 1 amide bonds.